The molecule has 0 aliphatic carbocycles. The van der Waals surface area contributed by atoms with Crippen LogP contribution in [0, 0.1) is 0 Å². The lowest BCUT2D eigenvalue weighted by atomic mass is 9.80. The van der Waals surface area contributed by atoms with E-state index in [-0.39, 0.29) is 0 Å². The van der Waals surface area contributed by atoms with Crippen LogP contribution in [-0.4, -0.2) is 39.2 Å². The van der Waals surface area contributed by atoms with E-state index in [1.165, 1.54) is 5.56 Å². The van der Waals surface area contributed by atoms with Gasteiger partial charge >= 0.3 is 0 Å². The van der Waals surface area contributed by atoms with Gasteiger partial charge in [-0.25, -0.2) is 9.97 Å². The molecule has 0 radical (unpaired) electrons. The van der Waals surface area contributed by atoms with Crippen molar-refractivity contribution in [2.75, 3.05) is 7.11 Å². The van der Waals surface area contributed by atoms with Crippen molar-refractivity contribution in [2.24, 2.45) is 0 Å². The molecule has 2 aromatic rings. The van der Waals surface area contributed by atoms with E-state index in [0.29, 0.717) is 12.1 Å². The van der Waals surface area contributed by atoms with Gasteiger partial charge < -0.3 is 9.84 Å². The topological polar surface area (TPSA) is 58.5 Å². The first-order valence-corrected chi connectivity index (χ1v) is 10.0. The van der Waals surface area contributed by atoms with Crippen LogP contribution in [0.2, 0.25) is 0 Å². The predicted octanol–water partition coefficient (Wildman–Crippen LogP) is 3.45. The second-order valence-corrected chi connectivity index (χ2v) is 7.98. The molecule has 27 heavy (non-hydrogen) atoms. The van der Waals surface area contributed by atoms with Crippen molar-refractivity contribution < 1.29 is 9.84 Å². The molecule has 5 nitrogen and oxygen atoms in total. The summed E-state index contributed by atoms with van der Waals surface area (Å²) < 4.78 is 5.25. The molecule has 1 aromatic heterocycles. The minimum absolute atomic E-state index is 0.408. The van der Waals surface area contributed by atoms with Gasteiger partial charge in [0.1, 0.15) is 11.6 Å². The molecule has 144 valence electrons. The highest BCUT2D eigenvalue weighted by atomic mass is 16.5. The number of nitrogens with zero attached hydrogens (tertiary/aromatic N) is 3. The number of methoxy groups -OCH3 is 1. The average molecular weight is 367 g/mol. The largest absolute Gasteiger partial charge is 0.497 e. The molecule has 0 unspecified atom stereocenters. The molecule has 0 spiro atoms. The molecule has 2 aliphatic rings. The number of ether oxygens (including phenoxy) is 1. The van der Waals surface area contributed by atoms with E-state index in [2.05, 4.69) is 21.8 Å². The quantitative estimate of drug-likeness (QED) is 0.847. The third-order valence-corrected chi connectivity index (χ3v) is 6.14. The summed E-state index contributed by atoms with van der Waals surface area (Å²) in [5, 5.41) is 11.4. The van der Waals surface area contributed by atoms with Crippen molar-refractivity contribution in [3.8, 4) is 5.75 Å². The fraction of sp³-hybridized carbons (Fsp3) is 0.545. The van der Waals surface area contributed by atoms with Crippen molar-refractivity contribution in [1.82, 2.24) is 14.9 Å². The maximum absolute atomic E-state index is 11.4. The Kier molecular flexibility index (Phi) is 5.15. The lowest BCUT2D eigenvalue weighted by Gasteiger charge is -2.44. The molecule has 2 bridgehead atoms. The lowest BCUT2D eigenvalue weighted by Crippen LogP contribution is -2.49. The highest BCUT2D eigenvalue weighted by Crippen LogP contribution is 2.46. The zero-order chi connectivity index (χ0) is 18.9. The average Bonchev–Trinajstić information content (AvgIpc) is 2.93. The van der Waals surface area contributed by atoms with E-state index in [4.69, 9.17) is 4.74 Å². The molecular formula is C22H29N3O2. The first-order chi connectivity index (χ1) is 13.1. The molecule has 0 amide bonds. The molecule has 1 aromatic carbocycles. The van der Waals surface area contributed by atoms with Gasteiger partial charge in [0.25, 0.3) is 0 Å². The molecular weight excluding hydrogens is 338 g/mol. The second-order valence-electron chi connectivity index (χ2n) is 7.98. The molecule has 2 aliphatic heterocycles. The molecule has 2 fully saturated rings. The van der Waals surface area contributed by atoms with Gasteiger partial charge in [0.15, 0.2) is 0 Å². The summed E-state index contributed by atoms with van der Waals surface area (Å²) in [4.78, 5) is 11.5. The zero-order valence-corrected chi connectivity index (χ0v) is 16.3. The van der Waals surface area contributed by atoms with E-state index < -0.39 is 5.60 Å². The van der Waals surface area contributed by atoms with Gasteiger partial charge in [0, 0.05) is 43.0 Å². The smallest absolute Gasteiger partial charge is 0.128 e. The minimum atomic E-state index is -0.740. The normalized spacial score (nSPS) is 27.7. The Labute approximate surface area is 161 Å². The van der Waals surface area contributed by atoms with Gasteiger partial charge in [-0.3, -0.25) is 4.90 Å². The molecule has 1 N–H and O–H groups in total. The predicted molar refractivity (Wildman–Crippen MR) is 105 cm³/mol. The summed E-state index contributed by atoms with van der Waals surface area (Å²) >= 11 is 0. The Bertz CT molecular complexity index is 746. The van der Waals surface area contributed by atoms with Crippen LogP contribution in [0.15, 0.2) is 36.7 Å². The van der Waals surface area contributed by atoms with Crippen LogP contribution >= 0.6 is 0 Å². The van der Waals surface area contributed by atoms with Crippen molar-refractivity contribution in [3.63, 3.8) is 0 Å². The van der Waals surface area contributed by atoms with Crippen LogP contribution in [0.5, 0.6) is 5.75 Å². The lowest BCUT2D eigenvalue weighted by molar-refractivity contribution is -0.0595. The summed E-state index contributed by atoms with van der Waals surface area (Å²) in [6.45, 7) is 3.02. The number of rotatable bonds is 6. The van der Waals surface area contributed by atoms with Gasteiger partial charge in [0.05, 0.1) is 12.7 Å². The molecule has 3 heterocycles. The fourth-order valence-corrected chi connectivity index (χ4v) is 4.74. The van der Waals surface area contributed by atoms with Crippen LogP contribution in [0.4, 0.5) is 0 Å². The number of hydrogen-bond donors (Lipinski definition) is 1. The van der Waals surface area contributed by atoms with Crippen molar-refractivity contribution in [2.45, 2.75) is 69.7 Å². The van der Waals surface area contributed by atoms with Crippen LogP contribution in [-0.2, 0) is 18.6 Å². The molecule has 0 saturated carbocycles. The van der Waals surface area contributed by atoms with E-state index in [1.807, 2.05) is 36.7 Å². The summed E-state index contributed by atoms with van der Waals surface area (Å²) in [6.07, 6.45) is 9.82. The van der Waals surface area contributed by atoms with Crippen LogP contribution in [0.1, 0.15) is 56.0 Å². The van der Waals surface area contributed by atoms with Gasteiger partial charge in [-0.15, -0.1) is 0 Å². The number of fused-ring (bicyclic) bond motifs is 2. The Morgan fingerprint density at radius 1 is 1.11 bits per heavy atom. The first-order valence-electron chi connectivity index (χ1n) is 10.0. The first kappa shape index (κ1) is 18.4. The Morgan fingerprint density at radius 2 is 1.74 bits per heavy atom. The van der Waals surface area contributed by atoms with Gasteiger partial charge in [-0.05, 0) is 49.8 Å². The number of aliphatic hydroxyl groups is 1. The van der Waals surface area contributed by atoms with E-state index in [1.54, 1.807) is 7.11 Å². The monoisotopic (exact) mass is 367 g/mol. The fourth-order valence-electron chi connectivity index (χ4n) is 4.74. The van der Waals surface area contributed by atoms with Crippen LogP contribution in [0.3, 0.4) is 0 Å². The maximum atomic E-state index is 11.4. The SMILES string of the molecule is CCCc1ncc(CN2[C@H]3CC[C@H]2CC(O)(c2ccc(OC)cc2)C3)cn1. The summed E-state index contributed by atoms with van der Waals surface area (Å²) in [7, 11) is 1.67. The highest BCUT2D eigenvalue weighted by molar-refractivity contribution is 5.32. The Morgan fingerprint density at radius 3 is 2.30 bits per heavy atom. The van der Waals surface area contributed by atoms with E-state index >= 15 is 0 Å². The maximum Gasteiger partial charge on any atom is 0.128 e. The molecule has 2 saturated heterocycles. The highest BCUT2D eigenvalue weighted by Gasteiger charge is 2.48. The zero-order valence-electron chi connectivity index (χ0n) is 16.3. The molecule has 2 atom stereocenters. The molecule has 4 rings (SSSR count). The number of benzene rings is 1. The number of aromatic nitrogens is 2. The number of aryl methyl sites for hydroxylation is 1. The third kappa shape index (κ3) is 3.71. The van der Waals surface area contributed by atoms with E-state index in [9.17, 15) is 5.11 Å². The van der Waals surface area contributed by atoms with Crippen LogP contribution in [0.25, 0.3) is 0 Å². The van der Waals surface area contributed by atoms with Crippen molar-refractivity contribution in [3.05, 3.63) is 53.6 Å². The van der Waals surface area contributed by atoms with E-state index in [0.717, 1.165) is 62.2 Å². The summed E-state index contributed by atoms with van der Waals surface area (Å²) in [5.74, 6) is 1.76. The van der Waals surface area contributed by atoms with Gasteiger partial charge in [-0.2, -0.15) is 0 Å². The third-order valence-electron chi connectivity index (χ3n) is 6.14. The summed E-state index contributed by atoms with van der Waals surface area (Å²) in [6, 6.07) is 8.72. The van der Waals surface area contributed by atoms with Crippen molar-refractivity contribution >= 4 is 0 Å². The minimum Gasteiger partial charge on any atom is -0.497 e. The Balaban J connectivity index is 1.46. The number of piperidine rings is 1. The van der Waals surface area contributed by atoms with Crippen molar-refractivity contribution in [1.29, 1.82) is 0 Å². The summed E-state index contributed by atoms with van der Waals surface area (Å²) in [5.41, 5.74) is 1.43. The van der Waals surface area contributed by atoms with Crippen LogP contribution < -0.4 is 4.74 Å². The Hall–Kier alpha value is -1.98. The van der Waals surface area contributed by atoms with Gasteiger partial charge in [0.2, 0.25) is 0 Å². The standard InChI is InChI=1S/C22H29N3O2/c1-3-4-21-23-13-16(14-24-21)15-25-18-7-8-19(25)12-22(26,11-18)17-5-9-20(27-2)10-6-17/h5-6,9-10,13-14,18-19,26H,3-4,7-8,11-12,15H2,1-2H3/t18-,19-/m0/s1. The second kappa shape index (κ2) is 7.56. The molecule has 5 heteroatoms. The van der Waals surface area contributed by atoms with Gasteiger partial charge in [-0.1, -0.05) is 19.1 Å². The number of hydrogen-bond acceptors (Lipinski definition) is 5.